The second-order valence-corrected chi connectivity index (χ2v) is 5.27. The highest BCUT2D eigenvalue weighted by Gasteiger charge is 2.19. The third-order valence-electron chi connectivity index (χ3n) is 3.49. The molecule has 0 aromatic rings. The van der Waals surface area contributed by atoms with E-state index >= 15 is 0 Å². The van der Waals surface area contributed by atoms with E-state index in [1.807, 2.05) is 0 Å². The van der Waals surface area contributed by atoms with Crippen molar-refractivity contribution in [3.63, 3.8) is 0 Å². The summed E-state index contributed by atoms with van der Waals surface area (Å²) >= 11 is 0. The maximum Gasteiger partial charge on any atom is 0.0496 e. The van der Waals surface area contributed by atoms with Gasteiger partial charge in [0.05, 0.1) is 0 Å². The second-order valence-electron chi connectivity index (χ2n) is 5.27. The molecule has 1 atom stereocenters. The molecule has 0 saturated carbocycles. The highest BCUT2D eigenvalue weighted by Crippen LogP contribution is 2.18. The average molecular weight is 229 g/mol. The minimum absolute atomic E-state index is 0.0716. The third-order valence-corrected chi connectivity index (χ3v) is 3.49. The van der Waals surface area contributed by atoms with E-state index in [1.54, 1.807) is 0 Å². The Balaban J connectivity index is 3.26. The van der Waals surface area contributed by atoms with Gasteiger partial charge >= 0.3 is 0 Å². The summed E-state index contributed by atoms with van der Waals surface area (Å²) in [6.07, 6.45) is 9.12. The molecule has 0 rings (SSSR count). The van der Waals surface area contributed by atoms with E-state index in [9.17, 15) is 5.11 Å². The lowest BCUT2D eigenvalue weighted by atomic mass is 9.88. The van der Waals surface area contributed by atoms with Gasteiger partial charge in [0.25, 0.3) is 0 Å². The first-order valence-electron chi connectivity index (χ1n) is 7.00. The molecule has 0 heterocycles. The zero-order chi connectivity index (χ0) is 12.3. The summed E-state index contributed by atoms with van der Waals surface area (Å²) in [5.74, 6) is 0. The zero-order valence-corrected chi connectivity index (χ0v) is 11.5. The summed E-state index contributed by atoms with van der Waals surface area (Å²) in [6.45, 7) is 8.86. The Labute approximate surface area is 102 Å². The van der Waals surface area contributed by atoms with Crippen LogP contribution < -0.4 is 5.32 Å². The van der Waals surface area contributed by atoms with Gasteiger partial charge in [-0.05, 0) is 19.4 Å². The van der Waals surface area contributed by atoms with Crippen LogP contribution in [0.5, 0.6) is 0 Å². The second kappa shape index (κ2) is 10.1. The largest absolute Gasteiger partial charge is 0.396 e. The normalized spacial score (nSPS) is 15.0. The van der Waals surface area contributed by atoms with Gasteiger partial charge in [-0.3, -0.25) is 0 Å². The fourth-order valence-electron chi connectivity index (χ4n) is 1.71. The predicted molar refractivity (Wildman–Crippen MR) is 71.7 cm³/mol. The Kier molecular flexibility index (Phi) is 10.0. The Morgan fingerprint density at radius 2 is 1.62 bits per heavy atom. The van der Waals surface area contributed by atoms with Gasteiger partial charge in [0.1, 0.15) is 0 Å². The van der Waals surface area contributed by atoms with Crippen LogP contribution in [0.1, 0.15) is 65.7 Å². The molecule has 0 aliphatic heterocycles. The van der Waals surface area contributed by atoms with Gasteiger partial charge in [0.2, 0.25) is 0 Å². The van der Waals surface area contributed by atoms with Crippen LogP contribution in [-0.4, -0.2) is 24.8 Å². The van der Waals surface area contributed by atoms with E-state index in [0.29, 0.717) is 0 Å². The minimum Gasteiger partial charge on any atom is -0.396 e. The molecule has 0 aromatic heterocycles. The molecule has 16 heavy (non-hydrogen) atoms. The van der Waals surface area contributed by atoms with Crippen LogP contribution in [0, 0.1) is 5.41 Å². The monoisotopic (exact) mass is 229 g/mol. The summed E-state index contributed by atoms with van der Waals surface area (Å²) in [6, 6.07) is 0. The summed E-state index contributed by atoms with van der Waals surface area (Å²) in [5, 5.41) is 12.7. The van der Waals surface area contributed by atoms with Gasteiger partial charge in [0, 0.05) is 18.6 Å². The van der Waals surface area contributed by atoms with Crippen molar-refractivity contribution in [2.24, 2.45) is 5.41 Å². The van der Waals surface area contributed by atoms with E-state index < -0.39 is 0 Å². The van der Waals surface area contributed by atoms with Crippen molar-refractivity contribution in [3.05, 3.63) is 0 Å². The number of aliphatic hydroxyl groups is 1. The molecule has 0 radical (unpaired) electrons. The molecule has 0 bridgehead atoms. The summed E-state index contributed by atoms with van der Waals surface area (Å²) in [4.78, 5) is 0. The molecular formula is C14H31NO. The number of aliphatic hydroxyl groups excluding tert-OH is 1. The van der Waals surface area contributed by atoms with E-state index in [-0.39, 0.29) is 12.0 Å². The van der Waals surface area contributed by atoms with Crippen LogP contribution in [0.3, 0.4) is 0 Å². The highest BCUT2D eigenvalue weighted by atomic mass is 16.3. The van der Waals surface area contributed by atoms with Gasteiger partial charge in [-0.1, -0.05) is 52.9 Å². The van der Waals surface area contributed by atoms with E-state index in [0.717, 1.165) is 19.5 Å². The Morgan fingerprint density at radius 3 is 2.19 bits per heavy atom. The summed E-state index contributed by atoms with van der Waals surface area (Å²) in [7, 11) is 0. The van der Waals surface area contributed by atoms with Crippen LogP contribution in [0.25, 0.3) is 0 Å². The smallest absolute Gasteiger partial charge is 0.0496 e. The maximum absolute atomic E-state index is 9.25. The van der Waals surface area contributed by atoms with Crippen molar-refractivity contribution in [1.82, 2.24) is 5.32 Å². The molecule has 2 nitrogen and oxygen atoms in total. The van der Waals surface area contributed by atoms with Gasteiger partial charge in [-0.2, -0.15) is 0 Å². The number of unbranched alkanes of at least 4 members (excludes halogenated alkanes) is 5. The van der Waals surface area contributed by atoms with Gasteiger partial charge in [0.15, 0.2) is 0 Å². The Morgan fingerprint density at radius 1 is 1.00 bits per heavy atom. The van der Waals surface area contributed by atoms with Crippen LogP contribution >= 0.6 is 0 Å². The van der Waals surface area contributed by atoms with E-state index in [2.05, 4.69) is 26.1 Å². The number of nitrogens with one attached hydrogen (secondary N) is 1. The lowest BCUT2D eigenvalue weighted by Gasteiger charge is -2.25. The fourth-order valence-corrected chi connectivity index (χ4v) is 1.71. The lowest BCUT2D eigenvalue weighted by molar-refractivity contribution is 0.135. The first-order valence-corrected chi connectivity index (χ1v) is 7.00. The van der Waals surface area contributed by atoms with Gasteiger partial charge in [-0.25, -0.2) is 0 Å². The molecule has 0 amide bonds. The predicted octanol–water partition coefficient (Wildman–Crippen LogP) is 3.35. The molecule has 0 spiro atoms. The van der Waals surface area contributed by atoms with Crippen molar-refractivity contribution in [1.29, 1.82) is 0 Å². The number of rotatable bonds is 11. The summed E-state index contributed by atoms with van der Waals surface area (Å²) in [5.41, 5.74) is 0.0716. The lowest BCUT2D eigenvalue weighted by Crippen LogP contribution is -2.34. The van der Waals surface area contributed by atoms with Crippen LogP contribution in [0.15, 0.2) is 0 Å². The van der Waals surface area contributed by atoms with E-state index in [1.165, 1.54) is 38.5 Å². The summed E-state index contributed by atoms with van der Waals surface area (Å²) < 4.78 is 0. The molecule has 0 aromatic carbocycles. The molecule has 0 aliphatic carbocycles. The Hall–Kier alpha value is -0.0800. The Bertz CT molecular complexity index is 144. The average Bonchev–Trinajstić information content (AvgIpc) is 2.32. The van der Waals surface area contributed by atoms with Crippen molar-refractivity contribution < 1.29 is 5.11 Å². The van der Waals surface area contributed by atoms with Gasteiger partial charge < -0.3 is 10.4 Å². The molecule has 0 aliphatic rings. The van der Waals surface area contributed by atoms with E-state index in [4.69, 9.17) is 0 Å². The SMILES string of the molecule is CCCCCCCCNCC(C)(CC)CO. The molecule has 0 fully saturated rings. The van der Waals surface area contributed by atoms with Gasteiger partial charge in [-0.15, -0.1) is 0 Å². The van der Waals surface area contributed by atoms with Crippen LogP contribution in [0.4, 0.5) is 0 Å². The van der Waals surface area contributed by atoms with Crippen molar-refractivity contribution in [2.75, 3.05) is 19.7 Å². The van der Waals surface area contributed by atoms with Crippen molar-refractivity contribution >= 4 is 0 Å². The first-order chi connectivity index (χ1) is 7.68. The molecule has 1 unspecified atom stereocenters. The first kappa shape index (κ1) is 15.9. The van der Waals surface area contributed by atoms with Crippen molar-refractivity contribution in [3.8, 4) is 0 Å². The van der Waals surface area contributed by atoms with Crippen LogP contribution in [0.2, 0.25) is 0 Å². The number of hydrogen-bond acceptors (Lipinski definition) is 2. The fraction of sp³-hybridized carbons (Fsp3) is 1.00. The molecule has 98 valence electrons. The standard InChI is InChI=1S/C14H31NO/c1-4-6-7-8-9-10-11-15-12-14(3,5-2)13-16/h15-16H,4-13H2,1-3H3. The van der Waals surface area contributed by atoms with Crippen molar-refractivity contribution in [2.45, 2.75) is 65.7 Å². The zero-order valence-electron chi connectivity index (χ0n) is 11.5. The molecule has 2 heteroatoms. The quantitative estimate of drug-likeness (QED) is 0.533. The molecular weight excluding hydrogens is 198 g/mol. The highest BCUT2D eigenvalue weighted by molar-refractivity contribution is 4.73. The molecule has 2 N–H and O–H groups in total. The number of hydrogen-bond donors (Lipinski definition) is 2. The minimum atomic E-state index is 0.0716. The third kappa shape index (κ3) is 8.12. The van der Waals surface area contributed by atoms with Crippen LogP contribution in [-0.2, 0) is 0 Å². The molecule has 0 saturated heterocycles. The topological polar surface area (TPSA) is 32.3 Å². The maximum atomic E-state index is 9.25.